The van der Waals surface area contributed by atoms with Crippen LogP contribution in [0.4, 0.5) is 0 Å². The number of nitrogens with zero attached hydrogens (tertiary/aromatic N) is 2. The van der Waals surface area contributed by atoms with Crippen LogP contribution >= 0.6 is 0 Å². The molecule has 90 valence electrons. The van der Waals surface area contributed by atoms with Crippen molar-refractivity contribution in [3.8, 4) is 5.75 Å². The molecule has 1 aromatic heterocycles. The Hall–Kier alpha value is -1.88. The van der Waals surface area contributed by atoms with E-state index in [1.54, 1.807) is 7.11 Å². The largest absolute Gasteiger partial charge is 0.497 e. The second-order valence-electron chi connectivity index (χ2n) is 3.64. The number of nitrogens with two attached hydrogens (primary N) is 1. The molecule has 0 amide bonds. The van der Waals surface area contributed by atoms with Gasteiger partial charge in [-0.15, -0.1) is 10.2 Å². The van der Waals surface area contributed by atoms with Gasteiger partial charge in [-0.05, 0) is 24.1 Å². The van der Waals surface area contributed by atoms with Crippen molar-refractivity contribution in [3.63, 3.8) is 0 Å². The fourth-order valence-electron chi connectivity index (χ4n) is 1.52. The molecule has 0 bridgehead atoms. The van der Waals surface area contributed by atoms with E-state index in [0.29, 0.717) is 11.8 Å². The van der Waals surface area contributed by atoms with Gasteiger partial charge in [0.05, 0.1) is 13.7 Å². The molecule has 0 unspecified atom stereocenters. The van der Waals surface area contributed by atoms with Crippen molar-refractivity contribution in [3.05, 3.63) is 41.6 Å². The van der Waals surface area contributed by atoms with Crippen molar-refractivity contribution < 1.29 is 9.15 Å². The lowest BCUT2D eigenvalue weighted by atomic mass is 10.1. The summed E-state index contributed by atoms with van der Waals surface area (Å²) in [6.45, 7) is 0.287. The van der Waals surface area contributed by atoms with Crippen LogP contribution in [0.15, 0.2) is 28.7 Å². The molecule has 2 rings (SSSR count). The lowest BCUT2D eigenvalue weighted by Crippen LogP contribution is -1.95. The Morgan fingerprint density at radius 2 is 1.82 bits per heavy atom. The van der Waals surface area contributed by atoms with Crippen LogP contribution in [-0.4, -0.2) is 17.3 Å². The number of aryl methyl sites for hydroxylation is 2. The molecule has 0 aliphatic carbocycles. The van der Waals surface area contributed by atoms with Gasteiger partial charge in [0.25, 0.3) is 0 Å². The van der Waals surface area contributed by atoms with E-state index in [1.807, 2.05) is 24.3 Å². The first-order valence-electron chi connectivity index (χ1n) is 5.46. The summed E-state index contributed by atoms with van der Waals surface area (Å²) in [6.07, 6.45) is 1.58. The Morgan fingerprint density at radius 1 is 1.12 bits per heavy atom. The molecule has 1 heterocycles. The third-order valence-corrected chi connectivity index (χ3v) is 2.47. The summed E-state index contributed by atoms with van der Waals surface area (Å²) in [5.41, 5.74) is 6.60. The van der Waals surface area contributed by atoms with Crippen molar-refractivity contribution in [1.82, 2.24) is 10.2 Å². The maximum absolute atomic E-state index is 5.39. The minimum atomic E-state index is 0.287. The van der Waals surface area contributed by atoms with Crippen LogP contribution < -0.4 is 10.5 Å². The molecule has 0 fully saturated rings. The summed E-state index contributed by atoms with van der Waals surface area (Å²) in [5, 5.41) is 7.73. The normalized spacial score (nSPS) is 10.5. The Kier molecular flexibility index (Phi) is 3.72. The van der Waals surface area contributed by atoms with E-state index in [4.69, 9.17) is 14.9 Å². The molecule has 1 aromatic carbocycles. The first-order valence-corrected chi connectivity index (χ1v) is 5.46. The average Bonchev–Trinajstić information content (AvgIpc) is 2.85. The second kappa shape index (κ2) is 5.45. The number of hydrogen-bond acceptors (Lipinski definition) is 5. The average molecular weight is 233 g/mol. The highest BCUT2D eigenvalue weighted by molar-refractivity contribution is 5.27. The molecule has 2 N–H and O–H groups in total. The number of benzene rings is 1. The summed E-state index contributed by atoms with van der Waals surface area (Å²) in [7, 11) is 1.65. The quantitative estimate of drug-likeness (QED) is 0.843. The monoisotopic (exact) mass is 233 g/mol. The lowest BCUT2D eigenvalue weighted by Gasteiger charge is -2.01. The van der Waals surface area contributed by atoms with Crippen molar-refractivity contribution in [2.75, 3.05) is 7.11 Å². The molecule has 0 aliphatic rings. The number of methoxy groups -OCH3 is 1. The predicted molar refractivity (Wildman–Crippen MR) is 62.6 cm³/mol. The minimum absolute atomic E-state index is 0.287. The molecule has 5 heteroatoms. The SMILES string of the molecule is COc1ccc(CCc2nnc(CN)o2)cc1. The van der Waals surface area contributed by atoms with E-state index in [-0.39, 0.29) is 6.54 Å². The zero-order valence-corrected chi connectivity index (χ0v) is 9.72. The van der Waals surface area contributed by atoms with E-state index in [9.17, 15) is 0 Å². The van der Waals surface area contributed by atoms with E-state index in [1.165, 1.54) is 5.56 Å². The number of aromatic nitrogens is 2. The highest BCUT2D eigenvalue weighted by Gasteiger charge is 2.04. The van der Waals surface area contributed by atoms with Gasteiger partial charge in [-0.2, -0.15) is 0 Å². The van der Waals surface area contributed by atoms with Gasteiger partial charge in [-0.25, -0.2) is 0 Å². The van der Waals surface area contributed by atoms with Crippen LogP contribution in [0, 0.1) is 0 Å². The molecule has 5 nitrogen and oxygen atoms in total. The topological polar surface area (TPSA) is 74.2 Å². The molecule has 0 saturated carbocycles. The fourth-order valence-corrected chi connectivity index (χ4v) is 1.52. The Morgan fingerprint density at radius 3 is 2.41 bits per heavy atom. The Balaban J connectivity index is 1.92. The first kappa shape index (κ1) is 11.6. The number of ether oxygens (including phenoxy) is 1. The molecule has 17 heavy (non-hydrogen) atoms. The van der Waals surface area contributed by atoms with Gasteiger partial charge in [0.15, 0.2) is 0 Å². The lowest BCUT2D eigenvalue weighted by molar-refractivity contribution is 0.414. The van der Waals surface area contributed by atoms with Gasteiger partial charge in [0.1, 0.15) is 5.75 Å². The predicted octanol–water partition coefficient (Wildman–Crippen LogP) is 1.32. The van der Waals surface area contributed by atoms with E-state index < -0.39 is 0 Å². The van der Waals surface area contributed by atoms with Gasteiger partial charge >= 0.3 is 0 Å². The zero-order valence-electron chi connectivity index (χ0n) is 9.72. The third kappa shape index (κ3) is 3.04. The highest BCUT2D eigenvalue weighted by atomic mass is 16.5. The summed E-state index contributed by atoms with van der Waals surface area (Å²) in [4.78, 5) is 0. The van der Waals surface area contributed by atoms with Crippen LogP contribution in [0.3, 0.4) is 0 Å². The van der Waals surface area contributed by atoms with Gasteiger partial charge in [0, 0.05) is 6.42 Å². The van der Waals surface area contributed by atoms with E-state index in [0.717, 1.165) is 18.6 Å². The highest BCUT2D eigenvalue weighted by Crippen LogP contribution is 2.13. The summed E-state index contributed by atoms with van der Waals surface area (Å²) < 4.78 is 10.4. The third-order valence-electron chi connectivity index (χ3n) is 2.47. The maximum atomic E-state index is 5.39. The summed E-state index contributed by atoms with van der Waals surface area (Å²) >= 11 is 0. The van der Waals surface area contributed by atoms with Crippen molar-refractivity contribution in [1.29, 1.82) is 0 Å². The van der Waals surface area contributed by atoms with Crippen LogP contribution in [0.5, 0.6) is 5.75 Å². The number of rotatable bonds is 5. The van der Waals surface area contributed by atoms with Crippen LogP contribution in [-0.2, 0) is 19.4 Å². The maximum Gasteiger partial charge on any atom is 0.230 e. The second-order valence-corrected chi connectivity index (χ2v) is 3.64. The Labute approximate surface area is 99.6 Å². The molecule has 0 spiro atoms. The molecule has 0 aliphatic heterocycles. The van der Waals surface area contributed by atoms with Gasteiger partial charge < -0.3 is 14.9 Å². The van der Waals surface area contributed by atoms with Gasteiger partial charge in [-0.1, -0.05) is 12.1 Å². The Bertz CT molecular complexity index is 465. The molecule has 0 atom stereocenters. The molecule has 0 saturated heterocycles. The molecular weight excluding hydrogens is 218 g/mol. The minimum Gasteiger partial charge on any atom is -0.497 e. The summed E-state index contributed by atoms with van der Waals surface area (Å²) in [5.74, 6) is 1.97. The molecule has 2 aromatic rings. The zero-order chi connectivity index (χ0) is 12.1. The van der Waals surface area contributed by atoms with Gasteiger partial charge in [-0.3, -0.25) is 0 Å². The fraction of sp³-hybridized carbons (Fsp3) is 0.333. The first-order chi connectivity index (χ1) is 8.31. The molecular formula is C12H15N3O2. The van der Waals surface area contributed by atoms with Crippen LogP contribution in [0.2, 0.25) is 0 Å². The van der Waals surface area contributed by atoms with Gasteiger partial charge in [0.2, 0.25) is 11.8 Å². The molecule has 0 radical (unpaired) electrons. The van der Waals surface area contributed by atoms with Crippen molar-refractivity contribution in [2.45, 2.75) is 19.4 Å². The van der Waals surface area contributed by atoms with Crippen LogP contribution in [0.25, 0.3) is 0 Å². The van der Waals surface area contributed by atoms with Crippen LogP contribution in [0.1, 0.15) is 17.3 Å². The standard InChI is InChI=1S/C12H15N3O2/c1-16-10-5-2-9(3-6-10)4-7-11-14-15-12(8-13)17-11/h2-3,5-6H,4,7-8,13H2,1H3. The number of hydrogen-bond donors (Lipinski definition) is 1. The van der Waals surface area contributed by atoms with E-state index >= 15 is 0 Å². The van der Waals surface area contributed by atoms with Crippen molar-refractivity contribution in [2.24, 2.45) is 5.73 Å². The van der Waals surface area contributed by atoms with E-state index in [2.05, 4.69) is 10.2 Å². The summed E-state index contributed by atoms with van der Waals surface area (Å²) in [6, 6.07) is 7.93. The van der Waals surface area contributed by atoms with Crippen molar-refractivity contribution >= 4 is 0 Å². The smallest absolute Gasteiger partial charge is 0.230 e.